The number of hydrogen-bond donors (Lipinski definition) is 2. The molecule has 110 valence electrons. The van der Waals surface area contributed by atoms with Crippen molar-refractivity contribution in [1.29, 1.82) is 5.53 Å². The Bertz CT molecular complexity index is 609. The Balaban J connectivity index is 2.28. The number of rotatable bonds is 4. The molecule has 0 spiro atoms. The van der Waals surface area contributed by atoms with Crippen molar-refractivity contribution in [3.8, 4) is 0 Å². The van der Waals surface area contributed by atoms with Gasteiger partial charge in [0.25, 0.3) is 0 Å². The van der Waals surface area contributed by atoms with Crippen LogP contribution in [0.3, 0.4) is 0 Å². The third kappa shape index (κ3) is 2.90. The number of allylic oxidation sites excluding steroid dienone is 1. The number of carbonyl (C=O) groups excluding carboxylic acids is 2. The second kappa shape index (κ2) is 6.14. The lowest BCUT2D eigenvalue weighted by atomic mass is 10.2. The van der Waals surface area contributed by atoms with Crippen LogP contribution in [0.25, 0.3) is 0 Å². The topological polar surface area (TPSA) is 104 Å². The number of ether oxygens (including phenoxy) is 1. The van der Waals surface area contributed by atoms with Crippen LogP contribution in [-0.2, 0) is 14.4 Å². The molecule has 1 heterocycles. The summed E-state index contributed by atoms with van der Waals surface area (Å²) < 4.78 is 4.89. The maximum atomic E-state index is 11.6. The summed E-state index contributed by atoms with van der Waals surface area (Å²) in [7, 11) is 0. The summed E-state index contributed by atoms with van der Waals surface area (Å²) in [6.45, 7) is 3.55. The normalized spacial score (nSPS) is 16.5. The monoisotopic (exact) mass is 290 g/mol. The Kier molecular flexibility index (Phi) is 4.29. The smallest absolute Gasteiger partial charge is 0.378 e. The molecule has 8 heteroatoms. The van der Waals surface area contributed by atoms with Crippen LogP contribution in [0.15, 0.2) is 40.8 Å². The zero-order chi connectivity index (χ0) is 15.4. The summed E-state index contributed by atoms with van der Waals surface area (Å²) in [6.07, 6.45) is 0. The average molecular weight is 290 g/mol. The van der Waals surface area contributed by atoms with Crippen LogP contribution >= 0.6 is 0 Å². The van der Waals surface area contributed by atoms with Crippen LogP contribution in [-0.4, -0.2) is 18.5 Å². The van der Waals surface area contributed by atoms with Crippen LogP contribution in [0, 0.1) is 5.53 Å². The van der Waals surface area contributed by atoms with E-state index in [-0.39, 0.29) is 11.4 Å². The molecule has 2 rings (SSSR count). The van der Waals surface area contributed by atoms with Gasteiger partial charge in [-0.1, -0.05) is 5.59 Å². The van der Waals surface area contributed by atoms with E-state index in [4.69, 9.17) is 15.1 Å². The Morgan fingerprint density at radius 2 is 2.10 bits per heavy atom. The van der Waals surface area contributed by atoms with E-state index in [1.54, 1.807) is 31.2 Å². The largest absolute Gasteiger partial charge is 0.462 e. The van der Waals surface area contributed by atoms with Gasteiger partial charge >= 0.3 is 11.9 Å². The van der Waals surface area contributed by atoms with Gasteiger partial charge in [-0.15, -0.1) is 0 Å². The molecular formula is C13H14N4O4. The second-order valence-corrected chi connectivity index (χ2v) is 4.13. The molecule has 0 aliphatic carbocycles. The first-order valence-electron chi connectivity index (χ1n) is 6.21. The molecule has 1 fully saturated rings. The van der Waals surface area contributed by atoms with Gasteiger partial charge in [0, 0.05) is 0 Å². The number of esters is 1. The highest BCUT2D eigenvalue weighted by Gasteiger charge is 2.31. The fraction of sp³-hybridized carbons (Fsp3) is 0.231. The molecule has 0 radical (unpaired) electrons. The zero-order valence-electron chi connectivity index (χ0n) is 11.5. The Morgan fingerprint density at radius 3 is 2.67 bits per heavy atom. The van der Waals surface area contributed by atoms with Crippen molar-refractivity contribution in [2.75, 3.05) is 11.6 Å². The zero-order valence-corrected chi connectivity index (χ0v) is 11.5. The van der Waals surface area contributed by atoms with Crippen molar-refractivity contribution >= 4 is 17.6 Å². The lowest BCUT2D eigenvalue weighted by molar-refractivity contribution is -0.140. The summed E-state index contributed by atoms with van der Waals surface area (Å²) in [5.41, 5.74) is 10.7. The van der Waals surface area contributed by atoms with Gasteiger partial charge in [-0.2, -0.15) is 5.11 Å². The third-order valence-electron chi connectivity index (χ3n) is 2.79. The molecule has 0 atom stereocenters. The summed E-state index contributed by atoms with van der Waals surface area (Å²) in [6, 6.07) is 6.39. The van der Waals surface area contributed by atoms with Gasteiger partial charge < -0.3 is 9.57 Å². The fourth-order valence-corrected chi connectivity index (χ4v) is 1.78. The van der Waals surface area contributed by atoms with Crippen LogP contribution in [0.1, 0.15) is 24.2 Å². The van der Waals surface area contributed by atoms with Crippen LogP contribution < -0.4 is 10.6 Å². The molecule has 21 heavy (non-hydrogen) atoms. The molecule has 0 bridgehead atoms. The Morgan fingerprint density at radius 1 is 1.43 bits per heavy atom. The Hall–Kier alpha value is -2.74. The number of benzene rings is 1. The summed E-state index contributed by atoms with van der Waals surface area (Å²) in [4.78, 5) is 27.9. The highest BCUT2D eigenvalue weighted by Crippen LogP contribution is 2.25. The van der Waals surface area contributed by atoms with Gasteiger partial charge in [-0.05, 0) is 38.1 Å². The third-order valence-corrected chi connectivity index (χ3v) is 2.79. The highest BCUT2D eigenvalue weighted by molar-refractivity contribution is 5.95. The number of carbonyl (C=O) groups is 2. The van der Waals surface area contributed by atoms with Gasteiger partial charge in [0.15, 0.2) is 5.70 Å². The van der Waals surface area contributed by atoms with E-state index in [2.05, 4.69) is 10.7 Å². The summed E-state index contributed by atoms with van der Waals surface area (Å²) in [5, 5.41) is 4.59. The fourth-order valence-electron chi connectivity index (χ4n) is 1.78. The predicted octanol–water partition coefficient (Wildman–Crippen LogP) is 1.91. The van der Waals surface area contributed by atoms with E-state index in [1.807, 2.05) is 0 Å². The molecular weight excluding hydrogens is 276 g/mol. The molecule has 0 amide bonds. The van der Waals surface area contributed by atoms with Gasteiger partial charge in [0.2, 0.25) is 0 Å². The molecule has 0 aromatic heterocycles. The Labute approximate surface area is 120 Å². The highest BCUT2D eigenvalue weighted by atomic mass is 16.7. The van der Waals surface area contributed by atoms with Gasteiger partial charge in [-0.25, -0.2) is 20.1 Å². The predicted molar refractivity (Wildman–Crippen MR) is 72.0 cm³/mol. The molecule has 1 aliphatic rings. The molecule has 0 unspecified atom stereocenters. The molecule has 1 saturated heterocycles. The van der Waals surface area contributed by atoms with Gasteiger partial charge in [-0.3, -0.25) is 0 Å². The minimum Gasteiger partial charge on any atom is -0.462 e. The molecule has 0 saturated carbocycles. The van der Waals surface area contributed by atoms with Gasteiger partial charge in [0.1, 0.15) is 0 Å². The van der Waals surface area contributed by atoms with E-state index in [1.165, 1.54) is 11.9 Å². The van der Waals surface area contributed by atoms with Crippen molar-refractivity contribution in [1.82, 2.24) is 5.59 Å². The lowest BCUT2D eigenvalue weighted by Gasteiger charge is -2.16. The molecule has 2 N–H and O–H groups in total. The van der Waals surface area contributed by atoms with Crippen molar-refractivity contribution < 1.29 is 19.2 Å². The first kappa shape index (κ1) is 14.7. The van der Waals surface area contributed by atoms with E-state index in [9.17, 15) is 9.59 Å². The number of anilines is 1. The van der Waals surface area contributed by atoms with E-state index in [0.717, 1.165) is 0 Å². The molecule has 1 aromatic rings. The van der Waals surface area contributed by atoms with E-state index >= 15 is 0 Å². The van der Waals surface area contributed by atoms with Crippen LogP contribution in [0.2, 0.25) is 0 Å². The maximum Gasteiger partial charge on any atom is 0.378 e. The number of nitrogens with zero attached hydrogens (tertiary/aromatic N) is 2. The van der Waals surface area contributed by atoms with Crippen LogP contribution in [0.5, 0.6) is 0 Å². The molecule has 8 nitrogen and oxygen atoms in total. The minimum absolute atomic E-state index is 0.119. The standard InChI is InChI=1S/C13H14N4O4/c1-3-20-12(18)9-4-6-10(7-5-9)17-11(8(2)15-14)13(19)21-16-17/h4-7,14,16H,3H2,1-2H3/b11-8+,15-14?. The second-order valence-electron chi connectivity index (χ2n) is 4.13. The van der Waals surface area contributed by atoms with E-state index in [0.29, 0.717) is 17.9 Å². The van der Waals surface area contributed by atoms with Crippen molar-refractivity contribution in [2.24, 2.45) is 5.11 Å². The van der Waals surface area contributed by atoms with Crippen molar-refractivity contribution in [3.63, 3.8) is 0 Å². The van der Waals surface area contributed by atoms with Gasteiger partial charge in [0.05, 0.1) is 23.6 Å². The van der Waals surface area contributed by atoms with E-state index < -0.39 is 11.9 Å². The first-order valence-corrected chi connectivity index (χ1v) is 6.21. The average Bonchev–Trinajstić information content (AvgIpc) is 2.88. The SMILES string of the molecule is CCOC(=O)c1ccc(N2NOC(=O)/C2=C(/C)N=N)cc1. The molecule has 1 aromatic carbocycles. The number of hydrogen-bond acceptors (Lipinski definition) is 8. The first-order chi connectivity index (χ1) is 10.1. The maximum absolute atomic E-state index is 11.6. The van der Waals surface area contributed by atoms with Crippen molar-refractivity contribution in [2.45, 2.75) is 13.8 Å². The van der Waals surface area contributed by atoms with Crippen molar-refractivity contribution in [3.05, 3.63) is 41.2 Å². The number of nitrogens with one attached hydrogen (secondary N) is 2. The summed E-state index contributed by atoms with van der Waals surface area (Å²) in [5.74, 6) is -1.04. The summed E-state index contributed by atoms with van der Waals surface area (Å²) >= 11 is 0. The lowest BCUT2D eigenvalue weighted by Crippen LogP contribution is -2.29. The molecule has 1 aliphatic heterocycles. The minimum atomic E-state index is -0.627. The number of hydrazine groups is 1. The van der Waals surface area contributed by atoms with Crippen LogP contribution in [0.4, 0.5) is 5.69 Å². The quantitative estimate of drug-likeness (QED) is 0.498.